The van der Waals surface area contributed by atoms with Gasteiger partial charge in [0.25, 0.3) is 5.91 Å². The van der Waals surface area contributed by atoms with Gasteiger partial charge in [0, 0.05) is 5.92 Å². The van der Waals surface area contributed by atoms with Crippen molar-refractivity contribution in [3.8, 4) is 0 Å². The molecule has 0 bridgehead atoms. The third-order valence-corrected chi connectivity index (χ3v) is 6.04. The molecule has 1 heterocycles. The molecule has 1 fully saturated rings. The van der Waals surface area contributed by atoms with Crippen LogP contribution in [-0.4, -0.2) is 22.1 Å². The van der Waals surface area contributed by atoms with Gasteiger partial charge in [0.05, 0.1) is 22.8 Å². The number of nitrogens with one attached hydrogen (secondary N) is 1. The van der Waals surface area contributed by atoms with E-state index in [-0.39, 0.29) is 24.0 Å². The molecule has 1 aliphatic carbocycles. The van der Waals surface area contributed by atoms with E-state index in [1.165, 1.54) is 11.3 Å². The first-order valence-electron chi connectivity index (χ1n) is 8.47. The molecule has 128 valence electrons. The maximum Gasteiger partial charge on any atom is 0.263 e. The van der Waals surface area contributed by atoms with Crippen LogP contribution in [0.15, 0.2) is 30.3 Å². The highest BCUT2D eigenvalue weighted by atomic mass is 32.1. The van der Waals surface area contributed by atoms with E-state index in [1.54, 1.807) is 0 Å². The number of aromatic nitrogens is 1. The van der Waals surface area contributed by atoms with Crippen molar-refractivity contribution in [3.63, 3.8) is 0 Å². The van der Waals surface area contributed by atoms with Crippen molar-refractivity contribution in [2.24, 2.45) is 5.92 Å². The number of amides is 1. The monoisotopic (exact) mass is 344 g/mol. The third-order valence-electron chi connectivity index (χ3n) is 4.58. The van der Waals surface area contributed by atoms with Gasteiger partial charge in [-0.1, -0.05) is 44.2 Å². The fourth-order valence-electron chi connectivity index (χ4n) is 3.12. The number of hydrogen-bond donors (Lipinski definition) is 2. The fraction of sp³-hybridized carbons (Fsp3) is 0.474. The molecule has 0 radical (unpaired) electrons. The number of rotatable bonds is 5. The summed E-state index contributed by atoms with van der Waals surface area (Å²) in [6.07, 6.45) is 1.23. The lowest BCUT2D eigenvalue weighted by Gasteiger charge is -2.38. The Hall–Kier alpha value is -1.72. The van der Waals surface area contributed by atoms with Crippen LogP contribution in [-0.2, 0) is 0 Å². The maximum absolute atomic E-state index is 12.8. The molecule has 24 heavy (non-hydrogen) atoms. The van der Waals surface area contributed by atoms with Gasteiger partial charge in [0.1, 0.15) is 4.88 Å². The average molecular weight is 344 g/mol. The zero-order chi connectivity index (χ0) is 17.3. The number of carbonyl (C=O) groups is 1. The van der Waals surface area contributed by atoms with E-state index in [4.69, 9.17) is 0 Å². The summed E-state index contributed by atoms with van der Waals surface area (Å²) in [4.78, 5) is 18.0. The highest BCUT2D eigenvalue weighted by Crippen LogP contribution is 2.38. The molecule has 2 N–H and O–H groups in total. The van der Waals surface area contributed by atoms with Crippen LogP contribution < -0.4 is 5.32 Å². The highest BCUT2D eigenvalue weighted by molar-refractivity contribution is 7.13. The summed E-state index contributed by atoms with van der Waals surface area (Å²) < 4.78 is 0. The van der Waals surface area contributed by atoms with E-state index in [2.05, 4.69) is 24.1 Å². The summed E-state index contributed by atoms with van der Waals surface area (Å²) in [5, 5.41) is 13.8. The van der Waals surface area contributed by atoms with Gasteiger partial charge in [0.15, 0.2) is 0 Å². The van der Waals surface area contributed by atoms with Crippen molar-refractivity contribution < 1.29 is 9.90 Å². The molecule has 1 aliphatic rings. The van der Waals surface area contributed by atoms with Crippen molar-refractivity contribution in [1.29, 1.82) is 0 Å². The summed E-state index contributed by atoms with van der Waals surface area (Å²) >= 11 is 1.48. The lowest BCUT2D eigenvalue weighted by molar-refractivity contribution is 0.0235. The number of carbonyl (C=O) groups excluding carboxylic acids is 1. The van der Waals surface area contributed by atoms with E-state index < -0.39 is 0 Å². The molecule has 2 aromatic rings. The van der Waals surface area contributed by atoms with E-state index in [0.717, 1.165) is 29.1 Å². The Bertz CT molecular complexity index is 705. The molecule has 4 nitrogen and oxygen atoms in total. The maximum atomic E-state index is 12.8. The molecular weight excluding hydrogens is 320 g/mol. The molecule has 5 heteroatoms. The Morgan fingerprint density at radius 1 is 1.29 bits per heavy atom. The Labute approximate surface area is 146 Å². The smallest absolute Gasteiger partial charge is 0.263 e. The highest BCUT2D eigenvalue weighted by Gasteiger charge is 2.36. The lowest BCUT2D eigenvalue weighted by Crippen LogP contribution is -2.41. The first kappa shape index (κ1) is 17.1. The van der Waals surface area contributed by atoms with Crippen molar-refractivity contribution >= 4 is 17.2 Å². The first-order chi connectivity index (χ1) is 11.5. The predicted octanol–water partition coefficient (Wildman–Crippen LogP) is 3.82. The average Bonchev–Trinajstić information content (AvgIpc) is 2.93. The molecule has 1 atom stereocenters. The zero-order valence-corrected chi connectivity index (χ0v) is 15.1. The molecule has 1 aromatic carbocycles. The van der Waals surface area contributed by atoms with Gasteiger partial charge in [0.2, 0.25) is 0 Å². The second-order valence-corrected chi connectivity index (χ2v) is 7.90. The summed E-state index contributed by atoms with van der Waals surface area (Å²) in [5.41, 5.74) is 1.88. The normalized spacial score (nSPS) is 21.4. The molecule has 0 aliphatic heterocycles. The van der Waals surface area contributed by atoms with Crippen LogP contribution in [0.3, 0.4) is 0 Å². The topological polar surface area (TPSA) is 62.2 Å². The number of hydrogen-bond acceptors (Lipinski definition) is 4. The van der Waals surface area contributed by atoms with Crippen molar-refractivity contribution in [2.75, 3.05) is 0 Å². The van der Waals surface area contributed by atoms with E-state index in [0.29, 0.717) is 10.8 Å². The lowest BCUT2D eigenvalue weighted by atomic mass is 9.75. The van der Waals surface area contributed by atoms with Crippen molar-refractivity contribution in [3.05, 3.63) is 51.5 Å². The van der Waals surface area contributed by atoms with E-state index >= 15 is 0 Å². The number of thiazole rings is 1. The Kier molecular flexibility index (Phi) is 5.01. The van der Waals surface area contributed by atoms with Crippen LogP contribution in [0.5, 0.6) is 0 Å². The minimum Gasteiger partial charge on any atom is -0.393 e. The standard InChI is InChI=1S/C19H24N2O2S/c1-11(2)19-20-12(3)17(24-19)18(23)21-16(14-9-15(22)10-14)13-7-5-4-6-8-13/h4-8,11,14-16,22H,9-10H2,1-3H3,(H,21,23)/t14?,15?,16-/m1/s1. The summed E-state index contributed by atoms with van der Waals surface area (Å²) in [6.45, 7) is 6.06. The number of aliphatic hydroxyl groups excluding tert-OH is 1. The number of aryl methyl sites for hydroxylation is 1. The van der Waals surface area contributed by atoms with Crippen molar-refractivity contribution in [2.45, 2.75) is 51.7 Å². The van der Waals surface area contributed by atoms with Crippen molar-refractivity contribution in [1.82, 2.24) is 10.3 Å². The van der Waals surface area contributed by atoms with Gasteiger partial charge >= 0.3 is 0 Å². The van der Waals surface area contributed by atoms with E-state index in [1.807, 2.05) is 37.3 Å². The van der Waals surface area contributed by atoms with Gasteiger partial charge < -0.3 is 10.4 Å². The van der Waals surface area contributed by atoms with Gasteiger partial charge in [-0.25, -0.2) is 4.98 Å². The first-order valence-corrected chi connectivity index (χ1v) is 9.28. The van der Waals surface area contributed by atoms with Gasteiger partial charge in [-0.3, -0.25) is 4.79 Å². The number of benzene rings is 1. The minimum absolute atomic E-state index is 0.0628. The van der Waals surface area contributed by atoms with Crippen LogP contribution in [0.2, 0.25) is 0 Å². The third kappa shape index (κ3) is 3.52. The SMILES string of the molecule is Cc1nc(C(C)C)sc1C(=O)N[C@H](c1ccccc1)C1CC(O)C1. The Balaban J connectivity index is 1.81. The number of aliphatic hydroxyl groups is 1. The molecule has 0 saturated heterocycles. The van der Waals surface area contributed by atoms with Crippen LogP contribution in [0.1, 0.15) is 64.6 Å². The van der Waals surface area contributed by atoms with Crippen LogP contribution in [0.25, 0.3) is 0 Å². The molecule has 1 amide bonds. The summed E-state index contributed by atoms with van der Waals surface area (Å²) in [7, 11) is 0. The fourth-order valence-corrected chi connectivity index (χ4v) is 4.09. The molecule has 0 spiro atoms. The van der Waals surface area contributed by atoms with Crippen LogP contribution in [0, 0.1) is 12.8 Å². The molecule has 0 unspecified atom stereocenters. The Morgan fingerprint density at radius 3 is 2.50 bits per heavy atom. The predicted molar refractivity (Wildman–Crippen MR) is 96.3 cm³/mol. The second kappa shape index (κ2) is 7.03. The summed E-state index contributed by atoms with van der Waals surface area (Å²) in [6, 6.07) is 9.95. The minimum atomic E-state index is -0.240. The van der Waals surface area contributed by atoms with Gasteiger partial charge in [-0.2, -0.15) is 0 Å². The molecule has 1 saturated carbocycles. The zero-order valence-electron chi connectivity index (χ0n) is 14.3. The molecule has 3 rings (SSSR count). The van der Waals surface area contributed by atoms with Crippen LogP contribution >= 0.6 is 11.3 Å². The summed E-state index contributed by atoms with van der Waals surface area (Å²) in [5.74, 6) is 0.540. The van der Waals surface area contributed by atoms with Gasteiger partial charge in [-0.05, 0) is 31.2 Å². The largest absolute Gasteiger partial charge is 0.393 e. The number of nitrogens with zero attached hydrogens (tertiary/aromatic N) is 1. The van der Waals surface area contributed by atoms with Crippen LogP contribution in [0.4, 0.5) is 0 Å². The van der Waals surface area contributed by atoms with Gasteiger partial charge in [-0.15, -0.1) is 11.3 Å². The molecule has 1 aromatic heterocycles. The van der Waals surface area contributed by atoms with E-state index in [9.17, 15) is 9.90 Å². The Morgan fingerprint density at radius 2 is 1.96 bits per heavy atom. The molecular formula is C19H24N2O2S. The quantitative estimate of drug-likeness (QED) is 0.867. The second-order valence-electron chi connectivity index (χ2n) is 6.87.